The van der Waals surface area contributed by atoms with Gasteiger partial charge in [-0.3, -0.25) is 0 Å². The van der Waals surface area contributed by atoms with Gasteiger partial charge in [0, 0.05) is 30.7 Å². The molecule has 136 valence electrons. The highest BCUT2D eigenvalue weighted by Crippen LogP contribution is 2.19. The van der Waals surface area contributed by atoms with Crippen molar-refractivity contribution in [2.24, 2.45) is 0 Å². The minimum Gasteiger partial charge on any atom is -0.444 e. The maximum absolute atomic E-state index is 12.5. The van der Waals surface area contributed by atoms with Crippen LogP contribution in [-0.2, 0) is 4.74 Å². The molecule has 2 atom stereocenters. The highest BCUT2D eigenvalue weighted by Gasteiger charge is 2.30. The molecule has 1 aliphatic rings. The van der Waals surface area contributed by atoms with Crippen LogP contribution in [-0.4, -0.2) is 65.8 Å². The molecule has 1 rings (SSSR count). The van der Waals surface area contributed by atoms with E-state index in [1.54, 1.807) is 0 Å². The van der Waals surface area contributed by atoms with Crippen molar-refractivity contribution in [2.45, 2.75) is 84.5 Å². The van der Waals surface area contributed by atoms with Crippen LogP contribution in [0.25, 0.3) is 0 Å². The molecule has 0 aliphatic carbocycles. The quantitative estimate of drug-likeness (QED) is 0.862. The lowest BCUT2D eigenvalue weighted by Crippen LogP contribution is -2.52. The van der Waals surface area contributed by atoms with Crippen LogP contribution in [0, 0.1) is 0 Å². The van der Waals surface area contributed by atoms with Gasteiger partial charge < -0.3 is 19.9 Å². The summed E-state index contributed by atoms with van der Waals surface area (Å²) in [4.78, 5) is 16.7. The maximum Gasteiger partial charge on any atom is 0.410 e. The molecule has 1 fully saturated rings. The summed E-state index contributed by atoms with van der Waals surface area (Å²) in [6, 6.07) is 1.16. The average Bonchev–Trinajstić information content (AvgIpc) is 2.35. The molecule has 0 aromatic rings. The van der Waals surface area contributed by atoms with Gasteiger partial charge in [-0.15, -0.1) is 0 Å². The van der Waals surface area contributed by atoms with Crippen LogP contribution in [0.1, 0.15) is 61.3 Å². The third kappa shape index (κ3) is 7.08. The number of nitrogens with zero attached hydrogens (tertiary/aromatic N) is 2. The second kappa shape index (κ2) is 7.84. The number of hydrogen-bond acceptors (Lipinski definition) is 4. The van der Waals surface area contributed by atoms with Gasteiger partial charge in [0.15, 0.2) is 0 Å². The number of ether oxygens (including phenoxy) is 1. The van der Waals surface area contributed by atoms with Crippen LogP contribution in [0.2, 0.25) is 0 Å². The lowest BCUT2D eigenvalue weighted by molar-refractivity contribution is 0.00623. The summed E-state index contributed by atoms with van der Waals surface area (Å²) in [6.07, 6.45) is 2.10. The molecule has 1 amide bonds. The predicted molar refractivity (Wildman–Crippen MR) is 95.8 cm³/mol. The molecule has 2 unspecified atom stereocenters. The van der Waals surface area contributed by atoms with Gasteiger partial charge in [-0.1, -0.05) is 0 Å². The van der Waals surface area contributed by atoms with E-state index in [-0.39, 0.29) is 11.6 Å². The lowest BCUT2D eigenvalue weighted by atomic mass is 9.99. The van der Waals surface area contributed by atoms with Gasteiger partial charge in [0.1, 0.15) is 5.60 Å². The Morgan fingerprint density at radius 3 is 2.35 bits per heavy atom. The van der Waals surface area contributed by atoms with Crippen LogP contribution >= 0.6 is 0 Å². The fourth-order valence-electron chi connectivity index (χ4n) is 2.87. The zero-order valence-corrected chi connectivity index (χ0v) is 16.4. The third-order valence-electron chi connectivity index (χ3n) is 4.40. The van der Waals surface area contributed by atoms with E-state index >= 15 is 0 Å². The molecule has 0 saturated carbocycles. The molecule has 23 heavy (non-hydrogen) atoms. The van der Waals surface area contributed by atoms with E-state index < -0.39 is 5.60 Å². The summed E-state index contributed by atoms with van der Waals surface area (Å²) in [6.45, 7) is 16.7. The highest BCUT2D eigenvalue weighted by atomic mass is 16.6. The number of carbonyl (C=O) groups excluding carboxylic acids is 1. The van der Waals surface area contributed by atoms with Crippen molar-refractivity contribution >= 4 is 6.09 Å². The Balaban J connectivity index is 2.51. The largest absolute Gasteiger partial charge is 0.444 e. The van der Waals surface area contributed by atoms with Gasteiger partial charge in [0.25, 0.3) is 0 Å². The number of nitrogens with one attached hydrogen (secondary N) is 1. The fraction of sp³-hybridized carbons (Fsp3) is 0.944. The number of amides is 1. The van der Waals surface area contributed by atoms with E-state index in [9.17, 15) is 4.79 Å². The maximum atomic E-state index is 12.5. The van der Waals surface area contributed by atoms with Crippen LogP contribution in [0.5, 0.6) is 0 Å². The minimum absolute atomic E-state index is 0.233. The van der Waals surface area contributed by atoms with Crippen molar-refractivity contribution in [1.82, 2.24) is 15.1 Å². The summed E-state index contributed by atoms with van der Waals surface area (Å²) in [5.74, 6) is 0. The number of rotatable bonds is 4. The lowest BCUT2D eigenvalue weighted by Gasteiger charge is -2.38. The molecule has 0 radical (unpaired) electrons. The molecule has 0 bridgehead atoms. The first-order valence-corrected chi connectivity index (χ1v) is 8.84. The van der Waals surface area contributed by atoms with Crippen molar-refractivity contribution in [3.05, 3.63) is 0 Å². The van der Waals surface area contributed by atoms with E-state index in [0.29, 0.717) is 18.6 Å². The van der Waals surface area contributed by atoms with Crippen molar-refractivity contribution in [3.8, 4) is 0 Å². The molecule has 0 spiro atoms. The monoisotopic (exact) mass is 327 g/mol. The normalized spacial score (nSPS) is 23.7. The third-order valence-corrected chi connectivity index (χ3v) is 4.40. The van der Waals surface area contributed by atoms with Gasteiger partial charge in [-0.05, 0) is 74.9 Å². The second-order valence-electron chi connectivity index (χ2n) is 8.81. The summed E-state index contributed by atoms with van der Waals surface area (Å²) < 4.78 is 5.55. The Morgan fingerprint density at radius 2 is 1.87 bits per heavy atom. The molecule has 1 aliphatic heterocycles. The standard InChI is InChI=1S/C18H37N3O2/c1-14-13-15(9-11-20(14)8)19-10-12-21(17(2,3)4)16(22)23-18(5,6)7/h14-15,19H,9-13H2,1-8H3. The van der Waals surface area contributed by atoms with E-state index in [4.69, 9.17) is 4.74 Å². The van der Waals surface area contributed by atoms with Crippen molar-refractivity contribution in [1.29, 1.82) is 0 Å². The Hall–Kier alpha value is -0.810. The SMILES string of the molecule is CC1CC(NCCN(C(=O)OC(C)(C)C)C(C)(C)C)CCN1C. The molecule has 0 aromatic carbocycles. The fourth-order valence-corrected chi connectivity index (χ4v) is 2.87. The first kappa shape index (κ1) is 20.2. The van der Waals surface area contributed by atoms with E-state index in [0.717, 1.165) is 13.1 Å². The zero-order chi connectivity index (χ0) is 17.8. The van der Waals surface area contributed by atoms with Gasteiger partial charge in [-0.2, -0.15) is 0 Å². The summed E-state index contributed by atoms with van der Waals surface area (Å²) in [7, 11) is 2.19. The molecule has 0 aromatic heterocycles. The highest BCUT2D eigenvalue weighted by molar-refractivity contribution is 5.69. The van der Waals surface area contributed by atoms with Crippen LogP contribution in [0.3, 0.4) is 0 Å². The number of hydrogen-bond donors (Lipinski definition) is 1. The molecule has 1 N–H and O–H groups in total. The van der Waals surface area contributed by atoms with Crippen LogP contribution in [0.15, 0.2) is 0 Å². The average molecular weight is 328 g/mol. The van der Waals surface area contributed by atoms with Crippen LogP contribution in [0.4, 0.5) is 4.79 Å². The molecule has 5 heteroatoms. The molecular weight excluding hydrogens is 290 g/mol. The molecule has 1 heterocycles. The Bertz CT molecular complexity index is 385. The smallest absolute Gasteiger partial charge is 0.410 e. The van der Waals surface area contributed by atoms with Gasteiger partial charge in [0.2, 0.25) is 0 Å². The van der Waals surface area contributed by atoms with E-state index in [1.807, 2.05) is 25.7 Å². The molecule has 5 nitrogen and oxygen atoms in total. The first-order valence-electron chi connectivity index (χ1n) is 8.84. The summed E-state index contributed by atoms with van der Waals surface area (Å²) >= 11 is 0. The topological polar surface area (TPSA) is 44.8 Å². The van der Waals surface area contributed by atoms with E-state index in [2.05, 4.69) is 45.0 Å². The van der Waals surface area contributed by atoms with Crippen molar-refractivity contribution < 1.29 is 9.53 Å². The minimum atomic E-state index is -0.461. The van der Waals surface area contributed by atoms with Gasteiger partial charge >= 0.3 is 6.09 Å². The molecular formula is C18H37N3O2. The number of likely N-dealkylation sites (tertiary alicyclic amines) is 1. The van der Waals surface area contributed by atoms with E-state index in [1.165, 1.54) is 12.8 Å². The Kier molecular flexibility index (Phi) is 6.90. The zero-order valence-electron chi connectivity index (χ0n) is 16.4. The Labute approximate surface area is 142 Å². The number of carbonyl (C=O) groups is 1. The second-order valence-corrected chi connectivity index (χ2v) is 8.81. The predicted octanol–water partition coefficient (Wildman–Crippen LogP) is 3.09. The van der Waals surface area contributed by atoms with Crippen LogP contribution < -0.4 is 5.32 Å². The first-order chi connectivity index (χ1) is 10.4. The van der Waals surface area contributed by atoms with Crippen molar-refractivity contribution in [2.75, 3.05) is 26.7 Å². The van der Waals surface area contributed by atoms with Crippen molar-refractivity contribution in [3.63, 3.8) is 0 Å². The number of piperidine rings is 1. The Morgan fingerprint density at radius 1 is 1.26 bits per heavy atom. The molecule has 1 saturated heterocycles. The van der Waals surface area contributed by atoms with Gasteiger partial charge in [-0.25, -0.2) is 4.79 Å². The van der Waals surface area contributed by atoms with Gasteiger partial charge in [0.05, 0.1) is 0 Å². The summed E-state index contributed by atoms with van der Waals surface area (Å²) in [5.41, 5.74) is -0.707. The summed E-state index contributed by atoms with van der Waals surface area (Å²) in [5, 5.41) is 3.62.